The Morgan fingerprint density at radius 1 is 1.50 bits per heavy atom. The van der Waals surface area contributed by atoms with Gasteiger partial charge in [0.1, 0.15) is 0 Å². The van der Waals surface area contributed by atoms with Crippen molar-refractivity contribution in [1.29, 1.82) is 0 Å². The van der Waals surface area contributed by atoms with Gasteiger partial charge in [0.2, 0.25) is 0 Å². The van der Waals surface area contributed by atoms with Crippen molar-refractivity contribution in [2.24, 2.45) is 5.73 Å². The Morgan fingerprint density at radius 2 is 2.14 bits per heavy atom. The van der Waals surface area contributed by atoms with E-state index < -0.39 is 6.04 Å². The van der Waals surface area contributed by atoms with Crippen LogP contribution in [0.2, 0.25) is 0 Å². The molecular formula is C9H11NO2SSe. The number of hydrogen-bond acceptors (Lipinski definition) is 4. The Bertz CT molecular complexity index is 294. The van der Waals surface area contributed by atoms with E-state index in [-0.39, 0.29) is 21.3 Å². The predicted octanol–water partition coefficient (Wildman–Crippen LogP) is -0.269. The van der Waals surface area contributed by atoms with E-state index in [1.54, 1.807) is 0 Å². The number of rotatable bonds is 4. The van der Waals surface area contributed by atoms with Gasteiger partial charge in [0.25, 0.3) is 0 Å². The molecule has 14 heavy (non-hydrogen) atoms. The second kappa shape index (κ2) is 6.09. The Kier molecular flexibility index (Phi) is 5.04. The van der Waals surface area contributed by atoms with Gasteiger partial charge in [0, 0.05) is 0 Å². The third-order valence-corrected chi connectivity index (χ3v) is 3.35. The SMILES string of the molecule is N[C@@H](CS)C(=O)O[Se]c1ccccc1. The quantitative estimate of drug-likeness (QED) is 0.588. The van der Waals surface area contributed by atoms with Crippen LogP contribution in [0.3, 0.4) is 0 Å². The summed E-state index contributed by atoms with van der Waals surface area (Å²) in [7, 11) is 0. The molecule has 0 bridgehead atoms. The molecule has 1 atom stereocenters. The summed E-state index contributed by atoms with van der Waals surface area (Å²) >= 11 is 3.62. The van der Waals surface area contributed by atoms with Crippen molar-refractivity contribution in [2.45, 2.75) is 6.04 Å². The fraction of sp³-hybridized carbons (Fsp3) is 0.222. The van der Waals surface area contributed by atoms with Gasteiger partial charge in [-0.3, -0.25) is 0 Å². The third kappa shape index (κ3) is 3.72. The zero-order chi connectivity index (χ0) is 10.4. The minimum atomic E-state index is -0.621. The molecule has 5 heteroatoms. The molecule has 1 aromatic rings. The first kappa shape index (κ1) is 11.6. The molecule has 0 aliphatic rings. The van der Waals surface area contributed by atoms with Crippen LogP contribution >= 0.6 is 12.6 Å². The second-order valence-electron chi connectivity index (χ2n) is 2.59. The number of nitrogens with two attached hydrogens (primary N) is 1. The number of thiol groups is 1. The average Bonchev–Trinajstić information content (AvgIpc) is 2.26. The molecule has 0 aromatic heterocycles. The average molecular weight is 276 g/mol. The van der Waals surface area contributed by atoms with E-state index in [1.807, 2.05) is 30.3 Å². The van der Waals surface area contributed by atoms with Crippen LogP contribution in [0.25, 0.3) is 0 Å². The van der Waals surface area contributed by atoms with E-state index >= 15 is 0 Å². The molecule has 0 aliphatic carbocycles. The van der Waals surface area contributed by atoms with Crippen molar-refractivity contribution in [1.82, 2.24) is 0 Å². The molecule has 0 amide bonds. The first-order valence-electron chi connectivity index (χ1n) is 4.04. The van der Waals surface area contributed by atoms with E-state index in [2.05, 4.69) is 12.6 Å². The number of benzene rings is 1. The van der Waals surface area contributed by atoms with Crippen LogP contribution in [0.1, 0.15) is 0 Å². The fourth-order valence-electron chi connectivity index (χ4n) is 0.702. The molecule has 0 radical (unpaired) electrons. The monoisotopic (exact) mass is 277 g/mol. The van der Waals surface area contributed by atoms with Gasteiger partial charge < -0.3 is 0 Å². The summed E-state index contributed by atoms with van der Waals surface area (Å²) in [5, 5.41) is 0. The van der Waals surface area contributed by atoms with Gasteiger partial charge >= 0.3 is 94.8 Å². The molecule has 3 nitrogen and oxygen atoms in total. The van der Waals surface area contributed by atoms with Crippen molar-refractivity contribution in [2.75, 3.05) is 5.75 Å². The Labute approximate surface area is 94.9 Å². The van der Waals surface area contributed by atoms with E-state index in [9.17, 15) is 4.79 Å². The molecule has 0 aliphatic heterocycles. The van der Waals surface area contributed by atoms with Crippen molar-refractivity contribution < 1.29 is 8.61 Å². The summed E-state index contributed by atoms with van der Waals surface area (Å²) in [6.45, 7) is 0. The standard InChI is InChI=1S/C9H11NO2SSe/c10-8(6-13)9(11)12-14-7-4-2-1-3-5-7/h1-5,8,13H,6,10H2/t8-/m0/s1. The maximum absolute atomic E-state index is 11.2. The topological polar surface area (TPSA) is 52.3 Å². The molecule has 1 aromatic carbocycles. The first-order chi connectivity index (χ1) is 6.74. The fourth-order valence-corrected chi connectivity index (χ4v) is 2.05. The maximum atomic E-state index is 11.2. The first-order valence-corrected chi connectivity index (χ1v) is 6.22. The summed E-state index contributed by atoms with van der Waals surface area (Å²) in [6, 6.07) is 8.94. The predicted molar refractivity (Wildman–Crippen MR) is 59.8 cm³/mol. The summed E-state index contributed by atoms with van der Waals surface area (Å²) in [5.41, 5.74) is 5.44. The Hall–Kier alpha value is -0.481. The molecule has 0 spiro atoms. The summed E-state index contributed by atoms with van der Waals surface area (Å²) < 4.78 is 6.04. The van der Waals surface area contributed by atoms with Gasteiger partial charge in [0.05, 0.1) is 0 Å². The van der Waals surface area contributed by atoms with Gasteiger partial charge in [-0.25, -0.2) is 0 Å². The summed E-state index contributed by atoms with van der Waals surface area (Å²) in [5.74, 6) is -0.0761. The van der Waals surface area contributed by atoms with Crippen LogP contribution < -0.4 is 10.2 Å². The zero-order valence-corrected chi connectivity index (χ0v) is 10.0. The number of carbonyl (C=O) groups excluding carboxylic acids is 1. The van der Waals surface area contributed by atoms with Gasteiger partial charge in [-0.05, 0) is 0 Å². The van der Waals surface area contributed by atoms with Gasteiger partial charge in [-0.15, -0.1) is 0 Å². The summed E-state index contributed by atoms with van der Waals surface area (Å²) in [4.78, 5) is 11.2. The van der Waals surface area contributed by atoms with Gasteiger partial charge in [-0.1, -0.05) is 0 Å². The number of hydrogen-bond donors (Lipinski definition) is 2. The summed E-state index contributed by atoms with van der Waals surface area (Å²) in [6.07, 6.45) is 0. The van der Waals surface area contributed by atoms with Crippen LogP contribution in [-0.2, 0) is 8.61 Å². The van der Waals surface area contributed by atoms with Crippen LogP contribution in [-0.4, -0.2) is 33.1 Å². The molecular weight excluding hydrogens is 265 g/mol. The second-order valence-corrected chi connectivity index (χ2v) is 4.64. The zero-order valence-electron chi connectivity index (χ0n) is 7.42. The van der Waals surface area contributed by atoms with Crippen molar-refractivity contribution >= 4 is 38.3 Å². The molecule has 0 heterocycles. The molecule has 0 fully saturated rings. The van der Waals surface area contributed by atoms with Crippen molar-refractivity contribution in [3.05, 3.63) is 30.3 Å². The molecule has 2 N–H and O–H groups in total. The Morgan fingerprint density at radius 3 is 2.71 bits per heavy atom. The molecule has 0 saturated heterocycles. The van der Waals surface area contributed by atoms with Crippen molar-refractivity contribution in [3.8, 4) is 0 Å². The Balaban J connectivity index is 2.38. The van der Waals surface area contributed by atoms with E-state index in [0.717, 1.165) is 4.46 Å². The van der Waals surface area contributed by atoms with E-state index in [4.69, 9.17) is 9.55 Å². The third-order valence-electron chi connectivity index (χ3n) is 1.46. The molecule has 0 saturated carbocycles. The van der Waals surface area contributed by atoms with E-state index in [0.29, 0.717) is 5.75 Å². The molecule has 0 unspecified atom stereocenters. The molecule has 1 rings (SSSR count). The van der Waals surface area contributed by atoms with Crippen LogP contribution in [0.15, 0.2) is 30.3 Å². The van der Waals surface area contributed by atoms with E-state index in [1.165, 1.54) is 0 Å². The van der Waals surface area contributed by atoms with Crippen LogP contribution in [0.5, 0.6) is 0 Å². The van der Waals surface area contributed by atoms with Gasteiger partial charge in [-0.2, -0.15) is 0 Å². The van der Waals surface area contributed by atoms with Crippen LogP contribution in [0, 0.1) is 0 Å². The van der Waals surface area contributed by atoms with Gasteiger partial charge in [0.15, 0.2) is 0 Å². The number of carbonyl (C=O) groups is 1. The van der Waals surface area contributed by atoms with Crippen LogP contribution in [0.4, 0.5) is 0 Å². The molecule has 76 valence electrons. The normalized spacial score (nSPS) is 12.1. The van der Waals surface area contributed by atoms with Crippen molar-refractivity contribution in [3.63, 3.8) is 0 Å². The minimum absolute atomic E-state index is 0.293.